The molecule has 0 spiro atoms. The Hall–Kier alpha value is -1.39. The normalized spacial score (nSPS) is 22.0. The molecule has 1 aliphatic rings. The predicted molar refractivity (Wildman–Crippen MR) is 83.2 cm³/mol. The van der Waals surface area contributed by atoms with Crippen molar-refractivity contribution >= 4 is 5.97 Å². The fraction of sp³-hybridized carbons (Fsp3) is 0.588. The maximum Gasteiger partial charge on any atom is 0.338 e. The molecule has 0 saturated carbocycles. The molecular weight excluding hydrogens is 266 g/mol. The molecule has 0 amide bonds. The van der Waals surface area contributed by atoms with Crippen LogP contribution in [0.5, 0.6) is 0 Å². The van der Waals surface area contributed by atoms with E-state index >= 15 is 0 Å². The minimum atomic E-state index is -0.306. The summed E-state index contributed by atoms with van der Waals surface area (Å²) in [6.45, 7) is 10.1. The van der Waals surface area contributed by atoms with Gasteiger partial charge in [0.2, 0.25) is 0 Å². The highest BCUT2D eigenvalue weighted by Crippen LogP contribution is 2.38. The van der Waals surface area contributed by atoms with E-state index in [1.54, 1.807) is 17.2 Å². The number of hydrogen-bond donors (Lipinski definition) is 0. The van der Waals surface area contributed by atoms with Crippen LogP contribution in [0.2, 0.25) is 0 Å². The van der Waals surface area contributed by atoms with Crippen LogP contribution < -0.4 is 0 Å². The number of benzene rings is 1. The van der Waals surface area contributed by atoms with Gasteiger partial charge in [0.05, 0.1) is 16.6 Å². The third-order valence-electron chi connectivity index (χ3n) is 4.23. The van der Waals surface area contributed by atoms with Crippen LogP contribution in [0.25, 0.3) is 0 Å². The SMILES string of the molecule is Cc1ccc(C(=O)OC2CC(C)(C)N([OH2+])C(C)(C)C2)cc1. The van der Waals surface area contributed by atoms with Gasteiger partial charge in [-0.2, -0.15) is 0 Å². The Kier molecular flexibility index (Phi) is 4.13. The molecule has 1 aromatic carbocycles. The van der Waals surface area contributed by atoms with Crippen LogP contribution in [0.4, 0.5) is 0 Å². The average Bonchev–Trinajstić information content (AvgIpc) is 2.36. The van der Waals surface area contributed by atoms with Gasteiger partial charge in [-0.15, -0.1) is 0 Å². The summed E-state index contributed by atoms with van der Waals surface area (Å²) in [5.74, 6) is -0.273. The molecule has 0 atom stereocenters. The largest absolute Gasteiger partial charge is 0.459 e. The van der Waals surface area contributed by atoms with Gasteiger partial charge < -0.3 is 9.94 Å². The van der Waals surface area contributed by atoms with Gasteiger partial charge in [-0.05, 0) is 46.8 Å². The van der Waals surface area contributed by atoms with Crippen molar-refractivity contribution in [3.8, 4) is 0 Å². The summed E-state index contributed by atoms with van der Waals surface area (Å²) in [6, 6.07) is 7.43. The summed E-state index contributed by atoms with van der Waals surface area (Å²) in [4.78, 5) is 12.2. The predicted octanol–water partition coefficient (Wildman–Crippen LogP) is 2.81. The summed E-state index contributed by atoms with van der Waals surface area (Å²) >= 11 is 0. The topological polar surface area (TPSA) is 52.4 Å². The fourth-order valence-corrected chi connectivity index (χ4v) is 3.18. The van der Waals surface area contributed by atoms with Crippen LogP contribution >= 0.6 is 0 Å². The van der Waals surface area contributed by atoms with Gasteiger partial charge >= 0.3 is 5.97 Å². The summed E-state index contributed by atoms with van der Waals surface area (Å²) in [5, 5.41) is 9.87. The van der Waals surface area contributed by atoms with Crippen LogP contribution in [-0.4, -0.2) is 33.4 Å². The Morgan fingerprint density at radius 1 is 1.14 bits per heavy atom. The Morgan fingerprint density at radius 2 is 1.62 bits per heavy atom. The summed E-state index contributed by atoms with van der Waals surface area (Å²) in [5.41, 5.74) is 1.10. The molecular formula is C17H26NO3+. The molecule has 1 fully saturated rings. The molecule has 1 saturated heterocycles. The van der Waals surface area contributed by atoms with Gasteiger partial charge in [0.15, 0.2) is 0 Å². The first-order valence-corrected chi connectivity index (χ1v) is 7.41. The number of ether oxygens (including phenoxy) is 1. The molecule has 0 aliphatic carbocycles. The van der Waals surface area contributed by atoms with Gasteiger partial charge in [0, 0.05) is 12.8 Å². The number of piperidine rings is 1. The van der Waals surface area contributed by atoms with Crippen molar-refractivity contribution in [3.63, 3.8) is 0 Å². The smallest absolute Gasteiger partial charge is 0.338 e. The lowest BCUT2D eigenvalue weighted by molar-refractivity contribution is -0.256. The van der Waals surface area contributed by atoms with E-state index in [0.29, 0.717) is 18.4 Å². The van der Waals surface area contributed by atoms with Crippen LogP contribution in [-0.2, 0) is 4.74 Å². The molecule has 0 unspecified atom stereocenters. The lowest BCUT2D eigenvalue weighted by Gasteiger charge is -2.47. The third kappa shape index (κ3) is 3.44. The van der Waals surface area contributed by atoms with E-state index in [-0.39, 0.29) is 23.2 Å². The third-order valence-corrected chi connectivity index (χ3v) is 4.23. The number of esters is 1. The van der Waals surface area contributed by atoms with Crippen molar-refractivity contribution in [2.24, 2.45) is 0 Å². The highest BCUT2D eigenvalue weighted by atomic mass is 16.5. The van der Waals surface area contributed by atoms with Crippen molar-refractivity contribution in [1.29, 1.82) is 0 Å². The van der Waals surface area contributed by atoms with Crippen LogP contribution in [0.15, 0.2) is 24.3 Å². The number of carbonyl (C=O) groups excluding carboxylic acids is 1. The summed E-state index contributed by atoms with van der Waals surface area (Å²) in [6.07, 6.45) is 1.21. The molecule has 1 aliphatic heterocycles. The van der Waals surface area contributed by atoms with Crippen LogP contribution in [0.3, 0.4) is 0 Å². The van der Waals surface area contributed by atoms with Gasteiger partial charge in [0.1, 0.15) is 6.10 Å². The first-order valence-electron chi connectivity index (χ1n) is 7.41. The summed E-state index contributed by atoms with van der Waals surface area (Å²) < 4.78 is 5.69. The first-order chi connectivity index (χ1) is 9.62. The monoisotopic (exact) mass is 292 g/mol. The van der Waals surface area contributed by atoms with Crippen molar-refractivity contribution in [1.82, 2.24) is 5.06 Å². The van der Waals surface area contributed by atoms with E-state index < -0.39 is 0 Å². The van der Waals surface area contributed by atoms with Crippen LogP contribution in [0.1, 0.15) is 56.5 Å². The van der Waals surface area contributed by atoms with Gasteiger partial charge in [-0.3, -0.25) is 0 Å². The quantitative estimate of drug-likeness (QED) is 0.622. The number of hydrogen-bond acceptors (Lipinski definition) is 3. The van der Waals surface area contributed by atoms with E-state index in [1.807, 2.05) is 46.8 Å². The molecule has 116 valence electrons. The zero-order valence-corrected chi connectivity index (χ0v) is 13.6. The number of carbonyl (C=O) groups is 1. The zero-order valence-electron chi connectivity index (χ0n) is 13.6. The Bertz CT molecular complexity index is 501. The summed E-state index contributed by atoms with van der Waals surface area (Å²) in [7, 11) is 0. The lowest BCUT2D eigenvalue weighted by atomic mass is 9.80. The highest BCUT2D eigenvalue weighted by Gasteiger charge is 2.49. The minimum Gasteiger partial charge on any atom is -0.459 e. The Labute approximate surface area is 126 Å². The molecule has 0 aromatic heterocycles. The number of rotatable bonds is 2. The van der Waals surface area contributed by atoms with Crippen LogP contribution in [0, 0.1) is 6.92 Å². The maximum atomic E-state index is 12.2. The van der Waals surface area contributed by atoms with E-state index in [9.17, 15) is 4.79 Å². The van der Waals surface area contributed by atoms with E-state index in [2.05, 4.69) is 0 Å². The maximum absolute atomic E-state index is 12.2. The molecule has 0 bridgehead atoms. The van der Waals surface area contributed by atoms with E-state index in [4.69, 9.17) is 9.94 Å². The second kappa shape index (κ2) is 5.43. The lowest BCUT2D eigenvalue weighted by Crippen LogP contribution is -2.60. The van der Waals surface area contributed by atoms with Crippen molar-refractivity contribution in [3.05, 3.63) is 35.4 Å². The zero-order chi connectivity index (χ0) is 15.8. The first kappa shape index (κ1) is 16.0. The highest BCUT2D eigenvalue weighted by molar-refractivity contribution is 5.89. The van der Waals surface area contributed by atoms with Gasteiger partial charge in [-0.1, -0.05) is 22.8 Å². The molecule has 2 rings (SSSR count). The molecule has 21 heavy (non-hydrogen) atoms. The molecule has 4 nitrogen and oxygen atoms in total. The van der Waals surface area contributed by atoms with Gasteiger partial charge in [-0.25, -0.2) is 4.79 Å². The van der Waals surface area contributed by atoms with E-state index in [0.717, 1.165) is 5.56 Å². The second-order valence-corrected chi connectivity index (χ2v) is 7.26. The fourth-order valence-electron chi connectivity index (χ4n) is 3.18. The number of hydroxylamine groups is 2. The van der Waals surface area contributed by atoms with E-state index in [1.165, 1.54) is 0 Å². The molecule has 0 radical (unpaired) electrons. The molecule has 1 aromatic rings. The molecule has 2 N–H and O–H groups in total. The molecule has 1 heterocycles. The average molecular weight is 292 g/mol. The Morgan fingerprint density at radius 3 is 2.10 bits per heavy atom. The minimum absolute atomic E-state index is 0.148. The second-order valence-electron chi connectivity index (χ2n) is 7.26. The Balaban J connectivity index is 2.09. The van der Waals surface area contributed by atoms with Crippen molar-refractivity contribution < 1.29 is 14.7 Å². The number of aryl methyl sites for hydroxylation is 1. The van der Waals surface area contributed by atoms with Crippen molar-refractivity contribution in [2.75, 3.05) is 0 Å². The van der Waals surface area contributed by atoms with Crippen molar-refractivity contribution in [2.45, 2.75) is 64.6 Å². The standard InChI is InChI=1S/C17H25NO3/c1-12-6-8-13(9-7-12)15(19)21-14-10-16(2,3)18(20)17(4,5)11-14/h6-9,14,20H,10-11H2,1-5H3/p+1. The van der Waals surface area contributed by atoms with Gasteiger partial charge in [0.25, 0.3) is 0 Å². The molecule has 4 heteroatoms. The number of nitrogens with zero attached hydrogens (tertiary/aromatic N) is 1.